The summed E-state index contributed by atoms with van der Waals surface area (Å²) in [5, 5.41) is 10.9. The Morgan fingerprint density at radius 2 is 1.89 bits per heavy atom. The van der Waals surface area contributed by atoms with Gasteiger partial charge in [-0.05, 0) is 22.0 Å². The van der Waals surface area contributed by atoms with Gasteiger partial charge in [-0.15, -0.1) is 16.4 Å². The van der Waals surface area contributed by atoms with Gasteiger partial charge in [-0.3, -0.25) is 19.4 Å². The zero-order chi connectivity index (χ0) is 26.5. The van der Waals surface area contributed by atoms with Crippen LogP contribution in [0.5, 0.6) is 0 Å². The number of halogens is 1. The molecule has 4 rings (SSSR count). The highest BCUT2D eigenvalue weighted by atomic mass is 79.9. The van der Waals surface area contributed by atoms with E-state index >= 15 is 0 Å². The molecule has 0 N–H and O–H groups in total. The molecule has 5 atom stereocenters. The lowest BCUT2D eigenvalue weighted by atomic mass is 9.96. The van der Waals surface area contributed by atoms with E-state index in [4.69, 9.17) is 18.9 Å². The number of hydrogen-bond donors (Lipinski definition) is 0. The summed E-state index contributed by atoms with van der Waals surface area (Å²) in [4.78, 5) is 45.1. The fraction of sp³-hybridized carbons (Fsp3) is 0.409. The first kappa shape index (κ1) is 27.2. The van der Waals surface area contributed by atoms with E-state index in [9.17, 15) is 14.4 Å². The van der Waals surface area contributed by atoms with Gasteiger partial charge >= 0.3 is 17.9 Å². The van der Waals surface area contributed by atoms with Crippen molar-refractivity contribution in [3.63, 3.8) is 0 Å². The van der Waals surface area contributed by atoms with Gasteiger partial charge in [-0.1, -0.05) is 17.0 Å². The Morgan fingerprint density at radius 3 is 2.54 bits per heavy atom. The molecular formula is C22H22BrN5O7S2. The predicted molar refractivity (Wildman–Crippen MR) is 134 cm³/mol. The zero-order valence-corrected chi connectivity index (χ0v) is 23.1. The normalized spacial score (nSPS) is 23.3. The lowest BCUT2D eigenvalue weighted by molar-refractivity contribution is -0.212. The number of carbonyl (C=O) groups is 3. The van der Waals surface area contributed by atoms with Crippen molar-refractivity contribution in [1.82, 2.24) is 25.0 Å². The van der Waals surface area contributed by atoms with Crippen LogP contribution in [0.1, 0.15) is 26.8 Å². The van der Waals surface area contributed by atoms with Gasteiger partial charge in [0.05, 0.1) is 6.20 Å². The van der Waals surface area contributed by atoms with Crippen LogP contribution in [-0.2, 0) is 33.3 Å². The van der Waals surface area contributed by atoms with Crippen LogP contribution in [0.15, 0.2) is 45.6 Å². The molecule has 4 heterocycles. The maximum atomic E-state index is 12.2. The predicted octanol–water partition coefficient (Wildman–Crippen LogP) is 3.04. The zero-order valence-electron chi connectivity index (χ0n) is 19.8. The van der Waals surface area contributed by atoms with Crippen LogP contribution in [0.3, 0.4) is 0 Å². The number of aromatic nitrogens is 5. The molecule has 0 aliphatic carbocycles. The van der Waals surface area contributed by atoms with Gasteiger partial charge < -0.3 is 18.9 Å². The SMILES string of the molecule is CC(=O)OCC1OC(Sc2cncc(Br)c2)C(OC(C)=O)C(n2cc(-c3nccs3)nn2)C1OC(C)=O. The molecule has 0 bridgehead atoms. The van der Waals surface area contributed by atoms with Crippen molar-refractivity contribution in [3.8, 4) is 10.7 Å². The Balaban J connectivity index is 1.78. The summed E-state index contributed by atoms with van der Waals surface area (Å²) in [6.07, 6.45) is 3.61. The molecule has 1 aliphatic rings. The summed E-state index contributed by atoms with van der Waals surface area (Å²) in [7, 11) is 0. The van der Waals surface area contributed by atoms with E-state index in [-0.39, 0.29) is 6.61 Å². The third-order valence-corrected chi connectivity index (χ3v) is 7.41. The van der Waals surface area contributed by atoms with E-state index in [1.165, 1.54) is 48.6 Å². The number of esters is 3. The van der Waals surface area contributed by atoms with Crippen LogP contribution in [0.25, 0.3) is 10.7 Å². The minimum absolute atomic E-state index is 0.210. The second-order valence-corrected chi connectivity index (χ2v) is 10.8. The van der Waals surface area contributed by atoms with Gasteiger partial charge in [0.15, 0.2) is 12.2 Å². The number of hydrogen-bond acceptors (Lipinski definition) is 13. The second-order valence-electron chi connectivity index (χ2n) is 7.86. The fourth-order valence-electron chi connectivity index (χ4n) is 3.74. The van der Waals surface area contributed by atoms with Gasteiger partial charge in [0.2, 0.25) is 0 Å². The number of rotatable bonds is 8. The highest BCUT2D eigenvalue weighted by molar-refractivity contribution is 9.10. The Kier molecular flexibility index (Phi) is 8.89. The van der Waals surface area contributed by atoms with E-state index < -0.39 is 47.7 Å². The smallest absolute Gasteiger partial charge is 0.303 e. The van der Waals surface area contributed by atoms with Gasteiger partial charge in [0.25, 0.3) is 0 Å². The Morgan fingerprint density at radius 1 is 1.14 bits per heavy atom. The molecule has 15 heteroatoms. The number of nitrogens with zero attached hydrogens (tertiary/aromatic N) is 5. The van der Waals surface area contributed by atoms with Gasteiger partial charge in [0.1, 0.15) is 34.9 Å². The van der Waals surface area contributed by atoms with Crippen LogP contribution in [0.2, 0.25) is 0 Å². The van der Waals surface area contributed by atoms with Crippen LogP contribution < -0.4 is 0 Å². The Bertz CT molecular complexity index is 1260. The monoisotopic (exact) mass is 611 g/mol. The summed E-state index contributed by atoms with van der Waals surface area (Å²) < 4.78 is 25.1. The summed E-state index contributed by atoms with van der Waals surface area (Å²) in [6.45, 7) is 3.57. The lowest BCUT2D eigenvalue weighted by Crippen LogP contribution is -2.57. The molecule has 5 unspecified atom stereocenters. The Labute approximate surface area is 228 Å². The van der Waals surface area contributed by atoms with Crippen molar-refractivity contribution in [1.29, 1.82) is 0 Å². The minimum Gasteiger partial charge on any atom is -0.463 e. The first-order chi connectivity index (χ1) is 17.7. The quantitative estimate of drug-likeness (QED) is 0.272. The molecule has 0 saturated carbocycles. The van der Waals surface area contributed by atoms with E-state index in [0.29, 0.717) is 10.7 Å². The summed E-state index contributed by atoms with van der Waals surface area (Å²) in [5.41, 5.74) is -0.327. The maximum absolute atomic E-state index is 12.2. The van der Waals surface area contributed by atoms with Crippen molar-refractivity contribution >= 4 is 56.9 Å². The van der Waals surface area contributed by atoms with Crippen molar-refractivity contribution in [2.45, 2.75) is 55.5 Å². The van der Waals surface area contributed by atoms with Crippen LogP contribution >= 0.6 is 39.0 Å². The van der Waals surface area contributed by atoms with Crippen LogP contribution in [0.4, 0.5) is 0 Å². The molecule has 1 aliphatic heterocycles. The summed E-state index contributed by atoms with van der Waals surface area (Å²) in [6, 6.07) is 0.955. The topological polar surface area (TPSA) is 145 Å². The second kappa shape index (κ2) is 12.1. The minimum atomic E-state index is -1.04. The van der Waals surface area contributed by atoms with Crippen LogP contribution in [0, 0.1) is 0 Å². The molecule has 0 radical (unpaired) electrons. The first-order valence-corrected chi connectivity index (χ1v) is 13.5. The number of thioether (sulfide) groups is 1. The maximum Gasteiger partial charge on any atom is 0.303 e. The fourth-order valence-corrected chi connectivity index (χ4v) is 5.98. The van der Waals surface area contributed by atoms with Crippen molar-refractivity contribution in [3.05, 3.63) is 40.7 Å². The largest absolute Gasteiger partial charge is 0.463 e. The van der Waals surface area contributed by atoms with Gasteiger partial charge in [0, 0.05) is 54.1 Å². The lowest BCUT2D eigenvalue weighted by Gasteiger charge is -2.44. The standard InChI is InChI=1S/C22H22BrN5O7S2/c1-11(29)32-10-17-19(33-12(2)30)18(28-9-16(26-27-28)21-25-4-5-36-21)20(34-13(3)31)22(35-17)37-15-6-14(23)7-24-8-15/h4-9,17-20,22H,10H2,1-3H3. The van der Waals surface area contributed by atoms with E-state index in [2.05, 4.69) is 36.2 Å². The number of pyridine rings is 1. The van der Waals surface area contributed by atoms with Gasteiger partial charge in [-0.2, -0.15) is 0 Å². The molecule has 37 heavy (non-hydrogen) atoms. The Hall–Kier alpha value is -2.88. The molecule has 12 nitrogen and oxygen atoms in total. The number of carbonyl (C=O) groups excluding carboxylic acids is 3. The molecule has 1 saturated heterocycles. The molecule has 196 valence electrons. The van der Waals surface area contributed by atoms with Crippen molar-refractivity contribution in [2.75, 3.05) is 6.61 Å². The van der Waals surface area contributed by atoms with Crippen LogP contribution in [-0.4, -0.2) is 73.2 Å². The molecule has 0 aromatic carbocycles. The molecular weight excluding hydrogens is 590 g/mol. The number of thiazole rings is 1. The highest BCUT2D eigenvalue weighted by Crippen LogP contribution is 2.41. The van der Waals surface area contributed by atoms with Gasteiger partial charge in [-0.25, -0.2) is 9.67 Å². The van der Waals surface area contributed by atoms with Crippen molar-refractivity contribution < 1.29 is 33.3 Å². The third-order valence-electron chi connectivity index (χ3n) is 5.07. The van der Waals surface area contributed by atoms with E-state index in [0.717, 1.165) is 9.37 Å². The molecule has 3 aromatic heterocycles. The molecule has 0 spiro atoms. The van der Waals surface area contributed by atoms with E-state index in [1.807, 2.05) is 6.07 Å². The third kappa shape index (κ3) is 6.91. The average Bonchev–Trinajstić information content (AvgIpc) is 3.51. The van der Waals surface area contributed by atoms with Crippen molar-refractivity contribution in [2.24, 2.45) is 0 Å². The molecule has 3 aromatic rings. The first-order valence-electron chi connectivity index (χ1n) is 10.9. The molecule has 1 fully saturated rings. The molecule has 0 amide bonds. The van der Waals surface area contributed by atoms with E-state index in [1.54, 1.807) is 30.2 Å². The highest BCUT2D eigenvalue weighted by Gasteiger charge is 2.52. The summed E-state index contributed by atoms with van der Waals surface area (Å²) in [5.74, 6) is -1.71. The summed E-state index contributed by atoms with van der Waals surface area (Å²) >= 11 is 6.02. The average molecular weight is 612 g/mol. The number of ether oxygens (including phenoxy) is 4.